The van der Waals surface area contributed by atoms with Crippen LogP contribution in [0.25, 0.3) is 22.0 Å². The maximum absolute atomic E-state index is 12.7. The molecule has 0 aliphatic carbocycles. The third-order valence-corrected chi connectivity index (χ3v) is 4.26. The van der Waals surface area contributed by atoms with Crippen LogP contribution in [-0.2, 0) is 6.54 Å². The van der Waals surface area contributed by atoms with Gasteiger partial charge in [0.15, 0.2) is 12.4 Å². The molecule has 0 saturated heterocycles. The minimum atomic E-state index is 0.0890. The van der Waals surface area contributed by atoms with E-state index in [0.717, 1.165) is 33.3 Å². The number of fused-ring (bicyclic) bond motifs is 1. The van der Waals surface area contributed by atoms with Gasteiger partial charge >= 0.3 is 0 Å². The molecule has 0 amide bonds. The Bertz CT molecular complexity index is 1070. The summed E-state index contributed by atoms with van der Waals surface area (Å²) in [4.78, 5) is 12.7. The van der Waals surface area contributed by atoms with Gasteiger partial charge in [-0.3, -0.25) is 9.89 Å². The number of rotatable bonds is 4. The minimum absolute atomic E-state index is 0.0890. The Morgan fingerprint density at radius 2 is 1.88 bits per heavy atom. The van der Waals surface area contributed by atoms with Gasteiger partial charge in [0.25, 0.3) is 0 Å². The van der Waals surface area contributed by atoms with Gasteiger partial charge in [-0.25, -0.2) is 0 Å². The average molecular weight is 328 g/mol. The topological polar surface area (TPSA) is 49.6 Å². The third-order valence-electron chi connectivity index (χ3n) is 4.26. The van der Waals surface area contributed by atoms with Gasteiger partial charge < -0.3 is 0 Å². The Kier molecular flexibility index (Phi) is 3.86. The van der Waals surface area contributed by atoms with Crippen LogP contribution >= 0.6 is 0 Å². The average Bonchev–Trinajstić information content (AvgIpc) is 3.08. The molecule has 0 fully saturated rings. The number of Topliss-reactive ketones (excluding diaryl/α,β-unsaturated/α-hetero) is 1. The fourth-order valence-corrected chi connectivity index (χ4v) is 2.96. The zero-order valence-electron chi connectivity index (χ0n) is 13.9. The van der Waals surface area contributed by atoms with Crippen molar-refractivity contribution in [3.8, 4) is 11.3 Å². The van der Waals surface area contributed by atoms with Gasteiger partial charge in [0.2, 0.25) is 12.3 Å². The number of carbonyl (C=O) groups excluding carboxylic acids is 1. The van der Waals surface area contributed by atoms with Crippen LogP contribution < -0.4 is 4.57 Å². The summed E-state index contributed by atoms with van der Waals surface area (Å²) in [5.41, 5.74) is 3.60. The Balaban J connectivity index is 1.59. The second-order valence-corrected chi connectivity index (χ2v) is 6.19. The zero-order valence-corrected chi connectivity index (χ0v) is 13.9. The van der Waals surface area contributed by atoms with E-state index < -0.39 is 0 Å². The predicted molar refractivity (Wildman–Crippen MR) is 97.2 cm³/mol. The van der Waals surface area contributed by atoms with E-state index >= 15 is 0 Å². The highest BCUT2D eigenvalue weighted by molar-refractivity contribution is 5.99. The molecule has 0 bridgehead atoms. The molecule has 4 aromatic rings. The number of aromatic amines is 1. The number of H-pyrrole nitrogens is 1. The van der Waals surface area contributed by atoms with Crippen molar-refractivity contribution < 1.29 is 9.36 Å². The van der Waals surface area contributed by atoms with Gasteiger partial charge in [0.05, 0.1) is 11.3 Å². The van der Waals surface area contributed by atoms with Gasteiger partial charge in [-0.2, -0.15) is 9.67 Å². The smallest absolute Gasteiger partial charge is 0.227 e. The van der Waals surface area contributed by atoms with Crippen LogP contribution in [0, 0.1) is 6.92 Å². The summed E-state index contributed by atoms with van der Waals surface area (Å²) in [6.45, 7) is 2.27. The molecule has 2 aromatic heterocycles. The van der Waals surface area contributed by atoms with Gasteiger partial charge in [-0.05, 0) is 35.9 Å². The lowest BCUT2D eigenvalue weighted by Gasteiger charge is -2.02. The fourth-order valence-electron chi connectivity index (χ4n) is 2.96. The molecule has 0 atom stereocenters. The Morgan fingerprint density at radius 1 is 1.04 bits per heavy atom. The molecule has 2 heterocycles. The Morgan fingerprint density at radius 3 is 2.68 bits per heavy atom. The van der Waals surface area contributed by atoms with E-state index in [0.29, 0.717) is 6.54 Å². The molecular weight excluding hydrogens is 310 g/mol. The van der Waals surface area contributed by atoms with Crippen LogP contribution in [0.5, 0.6) is 0 Å². The molecule has 4 heteroatoms. The first kappa shape index (κ1) is 15.3. The monoisotopic (exact) mass is 328 g/mol. The van der Waals surface area contributed by atoms with Crippen LogP contribution in [-0.4, -0.2) is 16.0 Å². The lowest BCUT2D eigenvalue weighted by molar-refractivity contribution is -0.682. The highest BCUT2D eigenvalue weighted by Gasteiger charge is 2.14. The minimum Gasteiger partial charge on any atom is -0.287 e. The normalized spacial score (nSPS) is 10.9. The molecule has 0 unspecified atom stereocenters. The van der Waals surface area contributed by atoms with Crippen molar-refractivity contribution >= 4 is 16.6 Å². The largest absolute Gasteiger partial charge is 0.287 e. The van der Waals surface area contributed by atoms with Crippen molar-refractivity contribution in [3.63, 3.8) is 0 Å². The van der Waals surface area contributed by atoms with E-state index in [9.17, 15) is 4.79 Å². The first-order chi connectivity index (χ1) is 12.2. The summed E-state index contributed by atoms with van der Waals surface area (Å²) in [6, 6.07) is 19.8. The van der Waals surface area contributed by atoms with E-state index in [1.54, 1.807) is 0 Å². The number of hydrogen-bond donors (Lipinski definition) is 1. The van der Waals surface area contributed by atoms with E-state index in [-0.39, 0.29) is 5.78 Å². The maximum atomic E-state index is 12.7. The maximum Gasteiger partial charge on any atom is 0.227 e. The highest BCUT2D eigenvalue weighted by Crippen LogP contribution is 2.17. The third kappa shape index (κ3) is 3.19. The number of ketones is 1. The van der Waals surface area contributed by atoms with Crippen molar-refractivity contribution in [3.05, 3.63) is 84.3 Å². The van der Waals surface area contributed by atoms with E-state index in [1.165, 1.54) is 0 Å². The summed E-state index contributed by atoms with van der Waals surface area (Å²) in [6.07, 6.45) is 3.86. The number of aryl methyl sites for hydroxylation is 1. The second kappa shape index (κ2) is 6.32. The lowest BCUT2D eigenvalue weighted by atomic mass is 10.0. The van der Waals surface area contributed by atoms with Crippen molar-refractivity contribution in [1.29, 1.82) is 0 Å². The van der Waals surface area contributed by atoms with Crippen molar-refractivity contribution in [1.82, 2.24) is 10.2 Å². The number of aromatic nitrogens is 3. The summed E-state index contributed by atoms with van der Waals surface area (Å²) >= 11 is 0. The van der Waals surface area contributed by atoms with E-state index in [4.69, 9.17) is 0 Å². The summed E-state index contributed by atoms with van der Waals surface area (Å²) in [7, 11) is 0. The molecule has 0 saturated carbocycles. The van der Waals surface area contributed by atoms with E-state index in [1.807, 2.05) is 84.5 Å². The van der Waals surface area contributed by atoms with Gasteiger partial charge in [-0.1, -0.05) is 36.4 Å². The molecular formula is C21H18N3O+. The van der Waals surface area contributed by atoms with Gasteiger partial charge in [-0.15, -0.1) is 0 Å². The SMILES string of the molecule is Cc1cc(-c2ccc[n+](CC(=O)c3ccc4ccccc4c3)c2)n[nH]1. The summed E-state index contributed by atoms with van der Waals surface area (Å²) in [5.74, 6) is 0.0890. The highest BCUT2D eigenvalue weighted by atomic mass is 16.1. The molecule has 2 aromatic carbocycles. The number of pyridine rings is 1. The van der Waals surface area contributed by atoms with Gasteiger partial charge in [0, 0.05) is 17.3 Å². The van der Waals surface area contributed by atoms with Crippen LogP contribution in [0.15, 0.2) is 73.1 Å². The molecule has 0 radical (unpaired) electrons. The molecule has 0 aliphatic rings. The number of nitrogens with one attached hydrogen (secondary N) is 1. The number of nitrogens with zero attached hydrogens (tertiary/aromatic N) is 2. The molecule has 122 valence electrons. The fraction of sp³-hybridized carbons (Fsp3) is 0.0952. The lowest BCUT2D eigenvalue weighted by Crippen LogP contribution is -2.37. The second-order valence-electron chi connectivity index (χ2n) is 6.19. The Labute approximate surface area is 145 Å². The number of hydrogen-bond acceptors (Lipinski definition) is 2. The zero-order chi connectivity index (χ0) is 17.2. The van der Waals surface area contributed by atoms with Crippen molar-refractivity contribution in [2.24, 2.45) is 0 Å². The standard InChI is InChI=1S/C21H18N3O/c1-15-11-20(23-22-15)19-7-4-10-24(13-19)14-21(25)18-9-8-16-5-2-3-6-17(16)12-18/h2-13H,14H2,1H3,(H,22,23)/q+1. The first-order valence-electron chi connectivity index (χ1n) is 8.22. The van der Waals surface area contributed by atoms with Crippen LogP contribution in [0.2, 0.25) is 0 Å². The summed E-state index contributed by atoms with van der Waals surface area (Å²) < 4.78 is 1.90. The molecule has 0 spiro atoms. The first-order valence-corrected chi connectivity index (χ1v) is 8.22. The molecule has 25 heavy (non-hydrogen) atoms. The molecule has 4 rings (SSSR count). The Hall–Kier alpha value is -3.27. The van der Waals surface area contributed by atoms with Crippen molar-refractivity contribution in [2.75, 3.05) is 0 Å². The summed E-state index contributed by atoms with van der Waals surface area (Å²) in [5, 5.41) is 9.44. The van der Waals surface area contributed by atoms with Crippen LogP contribution in [0.1, 0.15) is 16.1 Å². The molecule has 0 aliphatic heterocycles. The van der Waals surface area contributed by atoms with Gasteiger partial charge in [0.1, 0.15) is 0 Å². The van der Waals surface area contributed by atoms with Crippen LogP contribution in [0.3, 0.4) is 0 Å². The quantitative estimate of drug-likeness (QED) is 0.459. The number of carbonyl (C=O) groups is 1. The van der Waals surface area contributed by atoms with Crippen molar-refractivity contribution in [2.45, 2.75) is 13.5 Å². The molecule has 4 nitrogen and oxygen atoms in total. The molecule has 1 N–H and O–H groups in total. The van der Waals surface area contributed by atoms with Crippen LogP contribution in [0.4, 0.5) is 0 Å². The predicted octanol–water partition coefficient (Wildman–Crippen LogP) is 3.71. The van der Waals surface area contributed by atoms with E-state index in [2.05, 4.69) is 10.2 Å². The number of benzene rings is 2.